The number of hydrogen-bond acceptors (Lipinski definition) is 6. The van der Waals surface area contributed by atoms with Crippen LogP contribution in [0, 0.1) is 10.1 Å². The summed E-state index contributed by atoms with van der Waals surface area (Å²) >= 11 is 0. The normalized spacial score (nSPS) is 18.6. The second-order valence-electron chi connectivity index (χ2n) is 7.92. The molecule has 0 amide bonds. The zero-order chi connectivity index (χ0) is 20.8. The summed E-state index contributed by atoms with van der Waals surface area (Å²) in [6, 6.07) is 10.1. The highest BCUT2D eigenvalue weighted by atomic mass is 16.6. The molecule has 2 heterocycles. The molecule has 1 N–H and O–H groups in total. The monoisotopic (exact) mass is 406 g/mol. The van der Waals surface area contributed by atoms with E-state index in [-0.39, 0.29) is 23.2 Å². The predicted molar refractivity (Wildman–Crippen MR) is 112 cm³/mol. The van der Waals surface area contributed by atoms with E-state index in [1.807, 2.05) is 12.1 Å². The molecule has 0 bridgehead atoms. The van der Waals surface area contributed by atoms with Crippen LogP contribution in [-0.2, 0) is 0 Å². The van der Waals surface area contributed by atoms with Gasteiger partial charge >= 0.3 is 0 Å². The molecule has 2 aromatic carbocycles. The number of aromatic nitrogens is 2. The van der Waals surface area contributed by atoms with Crippen LogP contribution in [-0.4, -0.2) is 28.1 Å². The van der Waals surface area contributed by atoms with Gasteiger partial charge in [0.15, 0.2) is 0 Å². The molecule has 5 rings (SSSR count). The summed E-state index contributed by atoms with van der Waals surface area (Å²) < 4.78 is 6.82. The Balaban J connectivity index is 1.82. The number of methoxy groups -OCH3 is 1. The van der Waals surface area contributed by atoms with Crippen LogP contribution in [0.3, 0.4) is 0 Å². The number of nitro benzene ring substituents is 1. The third-order valence-electron chi connectivity index (χ3n) is 5.94. The Morgan fingerprint density at radius 2 is 1.97 bits per heavy atom. The summed E-state index contributed by atoms with van der Waals surface area (Å²) in [5.74, 6) is 1.58. The van der Waals surface area contributed by atoms with Crippen molar-refractivity contribution in [3.05, 3.63) is 68.3 Å². The van der Waals surface area contributed by atoms with Crippen molar-refractivity contribution < 1.29 is 9.66 Å². The molecule has 1 atom stereocenters. The van der Waals surface area contributed by atoms with Gasteiger partial charge in [0.05, 0.1) is 34.7 Å². The molecule has 1 saturated heterocycles. The lowest BCUT2D eigenvalue weighted by Gasteiger charge is -2.19. The maximum Gasteiger partial charge on any atom is 0.270 e. The van der Waals surface area contributed by atoms with Gasteiger partial charge in [-0.3, -0.25) is 19.5 Å². The molecule has 2 fully saturated rings. The smallest absolute Gasteiger partial charge is 0.270 e. The lowest BCUT2D eigenvalue weighted by Crippen LogP contribution is -2.29. The standard InChI is InChI=1S/C22H22N4O4/c1-30-16-8-6-14(7-9-16)25-21(19-3-2-10-23-19)24-20-17(13-4-5-13)11-15(26(28)29)12-18(20)22(25)27/h6-9,11-13,19,23H,2-5,10H2,1H3/t19-/m1/s1. The fraction of sp³-hybridized carbons (Fsp3) is 0.364. The van der Waals surface area contributed by atoms with Gasteiger partial charge in [-0.05, 0) is 68.0 Å². The second-order valence-corrected chi connectivity index (χ2v) is 7.92. The summed E-state index contributed by atoms with van der Waals surface area (Å²) in [7, 11) is 1.59. The molecule has 3 aromatic rings. The van der Waals surface area contributed by atoms with E-state index < -0.39 is 4.92 Å². The maximum atomic E-state index is 13.7. The third-order valence-corrected chi connectivity index (χ3v) is 5.94. The van der Waals surface area contributed by atoms with Gasteiger partial charge in [0.2, 0.25) is 0 Å². The van der Waals surface area contributed by atoms with E-state index in [4.69, 9.17) is 9.72 Å². The number of non-ortho nitro benzene ring substituents is 1. The van der Waals surface area contributed by atoms with Crippen molar-refractivity contribution in [3.63, 3.8) is 0 Å². The van der Waals surface area contributed by atoms with Gasteiger partial charge in [0.25, 0.3) is 11.2 Å². The van der Waals surface area contributed by atoms with E-state index >= 15 is 0 Å². The molecule has 0 radical (unpaired) electrons. The topological polar surface area (TPSA) is 99.3 Å². The van der Waals surface area contributed by atoms with E-state index in [9.17, 15) is 14.9 Å². The largest absolute Gasteiger partial charge is 0.497 e. The number of fused-ring (bicyclic) bond motifs is 1. The first kappa shape index (κ1) is 18.7. The first-order valence-electron chi connectivity index (χ1n) is 10.2. The van der Waals surface area contributed by atoms with Crippen LogP contribution in [0.2, 0.25) is 0 Å². The minimum atomic E-state index is -0.436. The van der Waals surface area contributed by atoms with Gasteiger partial charge in [0, 0.05) is 12.1 Å². The first-order valence-corrected chi connectivity index (χ1v) is 10.2. The average Bonchev–Trinajstić information content (AvgIpc) is 3.46. The zero-order valence-electron chi connectivity index (χ0n) is 16.6. The Hall–Kier alpha value is -3.26. The fourth-order valence-electron chi connectivity index (χ4n) is 4.25. The van der Waals surface area contributed by atoms with Crippen molar-refractivity contribution in [2.45, 2.75) is 37.6 Å². The summed E-state index contributed by atoms with van der Waals surface area (Å²) in [5, 5.41) is 15.2. The van der Waals surface area contributed by atoms with Crippen molar-refractivity contribution in [3.8, 4) is 11.4 Å². The Labute approximate surface area is 172 Å². The molecular formula is C22H22N4O4. The van der Waals surface area contributed by atoms with E-state index in [0.717, 1.165) is 37.8 Å². The Morgan fingerprint density at radius 3 is 2.57 bits per heavy atom. The van der Waals surface area contributed by atoms with Crippen LogP contribution in [0.1, 0.15) is 49.0 Å². The maximum absolute atomic E-state index is 13.7. The quantitative estimate of drug-likeness (QED) is 0.513. The van der Waals surface area contributed by atoms with Crippen LogP contribution in [0.15, 0.2) is 41.2 Å². The van der Waals surface area contributed by atoms with Gasteiger partial charge in [-0.25, -0.2) is 4.98 Å². The SMILES string of the molecule is COc1ccc(-n2c([C@H]3CCCN3)nc3c(C4CC4)cc([N+](=O)[O-])cc3c2=O)cc1. The van der Waals surface area contributed by atoms with E-state index in [1.165, 1.54) is 6.07 Å². The highest BCUT2D eigenvalue weighted by Crippen LogP contribution is 2.44. The molecular weight excluding hydrogens is 384 g/mol. The van der Waals surface area contributed by atoms with E-state index in [0.29, 0.717) is 28.2 Å². The van der Waals surface area contributed by atoms with E-state index in [2.05, 4.69) is 5.32 Å². The summed E-state index contributed by atoms with van der Waals surface area (Å²) in [6.07, 6.45) is 3.84. The first-order chi connectivity index (χ1) is 14.6. The minimum Gasteiger partial charge on any atom is -0.497 e. The van der Waals surface area contributed by atoms with Crippen molar-refractivity contribution in [1.82, 2.24) is 14.9 Å². The van der Waals surface area contributed by atoms with Crippen LogP contribution in [0.25, 0.3) is 16.6 Å². The van der Waals surface area contributed by atoms with Crippen LogP contribution in [0.5, 0.6) is 5.75 Å². The number of nitrogens with zero attached hydrogens (tertiary/aromatic N) is 3. The highest BCUT2D eigenvalue weighted by molar-refractivity contribution is 5.85. The molecule has 1 saturated carbocycles. The van der Waals surface area contributed by atoms with Crippen molar-refractivity contribution in [2.75, 3.05) is 13.7 Å². The molecule has 1 aliphatic heterocycles. The minimum absolute atomic E-state index is 0.0357. The van der Waals surface area contributed by atoms with Crippen LogP contribution >= 0.6 is 0 Å². The van der Waals surface area contributed by atoms with Gasteiger partial charge in [-0.1, -0.05) is 0 Å². The molecule has 0 unspecified atom stereocenters. The molecule has 1 aliphatic carbocycles. The third kappa shape index (κ3) is 3.13. The number of hydrogen-bond donors (Lipinski definition) is 1. The molecule has 2 aliphatic rings. The van der Waals surface area contributed by atoms with Crippen LogP contribution < -0.4 is 15.6 Å². The number of rotatable bonds is 5. The fourth-order valence-corrected chi connectivity index (χ4v) is 4.25. The Kier molecular flexibility index (Phi) is 4.51. The number of nitrogens with one attached hydrogen (secondary N) is 1. The number of ether oxygens (including phenoxy) is 1. The van der Waals surface area contributed by atoms with Gasteiger partial charge in [-0.2, -0.15) is 0 Å². The summed E-state index contributed by atoms with van der Waals surface area (Å²) in [5.41, 5.74) is 1.74. The summed E-state index contributed by atoms with van der Waals surface area (Å²) in [4.78, 5) is 29.7. The zero-order valence-corrected chi connectivity index (χ0v) is 16.6. The van der Waals surface area contributed by atoms with Gasteiger partial charge in [0.1, 0.15) is 11.6 Å². The van der Waals surface area contributed by atoms with E-state index in [1.54, 1.807) is 29.9 Å². The number of nitro groups is 1. The molecule has 154 valence electrons. The predicted octanol–water partition coefficient (Wildman–Crippen LogP) is 3.60. The molecule has 8 nitrogen and oxygen atoms in total. The Morgan fingerprint density at radius 1 is 1.20 bits per heavy atom. The van der Waals surface area contributed by atoms with Crippen molar-refractivity contribution in [1.29, 1.82) is 0 Å². The van der Waals surface area contributed by atoms with Crippen molar-refractivity contribution in [2.24, 2.45) is 0 Å². The highest BCUT2D eigenvalue weighted by Gasteiger charge is 2.31. The average molecular weight is 406 g/mol. The molecule has 0 spiro atoms. The van der Waals surface area contributed by atoms with Gasteiger partial charge < -0.3 is 10.1 Å². The lowest BCUT2D eigenvalue weighted by molar-refractivity contribution is -0.384. The van der Waals surface area contributed by atoms with Crippen molar-refractivity contribution >= 4 is 16.6 Å². The van der Waals surface area contributed by atoms with Gasteiger partial charge in [-0.15, -0.1) is 0 Å². The second kappa shape index (κ2) is 7.21. The number of benzene rings is 2. The Bertz CT molecular complexity index is 1190. The lowest BCUT2D eigenvalue weighted by atomic mass is 10.0. The summed E-state index contributed by atoms with van der Waals surface area (Å²) in [6.45, 7) is 0.872. The van der Waals surface area contributed by atoms with Crippen LogP contribution in [0.4, 0.5) is 5.69 Å². The molecule has 1 aromatic heterocycles. The molecule has 8 heteroatoms. The molecule has 30 heavy (non-hydrogen) atoms.